The lowest BCUT2D eigenvalue weighted by Crippen LogP contribution is -2.17. The molecule has 2 aromatic carbocycles. The van der Waals surface area contributed by atoms with Crippen molar-refractivity contribution in [3.05, 3.63) is 53.3 Å². The van der Waals surface area contributed by atoms with E-state index in [1.54, 1.807) is 18.2 Å². The summed E-state index contributed by atoms with van der Waals surface area (Å²) in [6, 6.07) is 7.72. The van der Waals surface area contributed by atoms with Crippen molar-refractivity contribution in [3.8, 4) is 17.6 Å². The number of halogens is 3. The first-order valence-corrected chi connectivity index (χ1v) is 9.93. The maximum atomic E-state index is 12.9. The molecule has 0 saturated heterocycles. The van der Waals surface area contributed by atoms with Crippen molar-refractivity contribution in [1.29, 1.82) is 0 Å². The molecule has 178 valence electrons. The second-order valence-corrected chi connectivity index (χ2v) is 7.02. The van der Waals surface area contributed by atoms with Crippen molar-refractivity contribution in [3.63, 3.8) is 0 Å². The Balaban J connectivity index is 1.87. The number of alkyl halides is 3. The third-order valence-electron chi connectivity index (χ3n) is 4.77. The number of rotatable bonds is 6. The highest BCUT2D eigenvalue weighted by atomic mass is 19.4. The number of carbonyl (C=O) groups is 2. The number of hydrogen-bond donors (Lipinski definition) is 2. The SMILES string of the molecule is CNC(=O)c1ccc(NCC#Cc2cc(C(=O)OC)c3ncn(CC(F)(F)F)c3c2)c(OC)c1. The number of ether oxygens (including phenoxy) is 2. The van der Waals surface area contributed by atoms with E-state index in [-0.39, 0.29) is 29.0 Å². The number of nitrogens with zero attached hydrogens (tertiary/aromatic N) is 2. The van der Waals surface area contributed by atoms with Crippen LogP contribution in [0.25, 0.3) is 11.0 Å². The highest BCUT2D eigenvalue weighted by molar-refractivity contribution is 6.02. The molecule has 8 nitrogen and oxygen atoms in total. The standard InChI is InChI=1S/C23H21F3N4O4/c1-27-21(31)15-6-7-17(19(11-15)33-2)28-8-4-5-14-9-16(22(32)34-3)20-18(10-14)30(13-29-20)12-23(24,25)26/h6-7,9-11,13,28H,8,12H2,1-3H3,(H,27,31). The van der Waals surface area contributed by atoms with Gasteiger partial charge in [0.1, 0.15) is 17.8 Å². The van der Waals surface area contributed by atoms with Gasteiger partial charge in [-0.3, -0.25) is 4.79 Å². The van der Waals surface area contributed by atoms with Gasteiger partial charge in [-0.15, -0.1) is 0 Å². The van der Waals surface area contributed by atoms with Crippen molar-refractivity contribution in [2.75, 3.05) is 33.1 Å². The Labute approximate surface area is 193 Å². The molecule has 3 rings (SSSR count). The first-order chi connectivity index (χ1) is 16.2. The molecule has 0 aliphatic heterocycles. The summed E-state index contributed by atoms with van der Waals surface area (Å²) < 4.78 is 49.7. The van der Waals surface area contributed by atoms with E-state index in [2.05, 4.69) is 27.5 Å². The van der Waals surface area contributed by atoms with E-state index in [1.807, 2.05) is 0 Å². The van der Waals surface area contributed by atoms with E-state index >= 15 is 0 Å². The summed E-state index contributed by atoms with van der Waals surface area (Å²) >= 11 is 0. The fourth-order valence-corrected chi connectivity index (χ4v) is 3.23. The van der Waals surface area contributed by atoms with Crippen LogP contribution in [0.4, 0.5) is 18.9 Å². The van der Waals surface area contributed by atoms with Crippen LogP contribution in [0.15, 0.2) is 36.7 Å². The van der Waals surface area contributed by atoms with Crippen molar-refractivity contribution in [1.82, 2.24) is 14.9 Å². The van der Waals surface area contributed by atoms with Crippen LogP contribution in [0.5, 0.6) is 5.75 Å². The molecule has 0 aliphatic rings. The van der Waals surface area contributed by atoms with Gasteiger partial charge in [-0.1, -0.05) is 11.8 Å². The van der Waals surface area contributed by atoms with Crippen molar-refractivity contribution in [2.24, 2.45) is 0 Å². The molecule has 2 N–H and O–H groups in total. The molecule has 3 aromatic rings. The van der Waals surface area contributed by atoms with Gasteiger partial charge in [-0.25, -0.2) is 9.78 Å². The third-order valence-corrected chi connectivity index (χ3v) is 4.77. The summed E-state index contributed by atoms with van der Waals surface area (Å²) in [6.45, 7) is -1.10. The molecule has 0 bridgehead atoms. The van der Waals surface area contributed by atoms with Gasteiger partial charge < -0.3 is 24.7 Å². The minimum Gasteiger partial charge on any atom is -0.495 e. The number of nitrogens with one attached hydrogen (secondary N) is 2. The van der Waals surface area contributed by atoms with Gasteiger partial charge in [-0.2, -0.15) is 13.2 Å². The Morgan fingerprint density at radius 3 is 2.59 bits per heavy atom. The van der Waals surface area contributed by atoms with Gasteiger partial charge >= 0.3 is 12.1 Å². The molecular weight excluding hydrogens is 453 g/mol. The zero-order valence-electron chi connectivity index (χ0n) is 18.5. The zero-order valence-corrected chi connectivity index (χ0v) is 18.5. The minimum absolute atomic E-state index is 0.0182. The molecule has 0 atom stereocenters. The summed E-state index contributed by atoms with van der Waals surface area (Å²) in [5.74, 6) is 5.14. The molecular formula is C23H21F3N4O4. The lowest BCUT2D eigenvalue weighted by atomic mass is 10.1. The Morgan fingerprint density at radius 2 is 1.94 bits per heavy atom. The van der Waals surface area contributed by atoms with Crippen LogP contribution < -0.4 is 15.4 Å². The second-order valence-electron chi connectivity index (χ2n) is 7.02. The number of anilines is 1. The van der Waals surface area contributed by atoms with Crippen molar-refractivity contribution >= 4 is 28.6 Å². The molecule has 0 saturated carbocycles. The molecule has 1 aromatic heterocycles. The van der Waals surface area contributed by atoms with E-state index in [1.165, 1.54) is 33.4 Å². The van der Waals surface area contributed by atoms with Gasteiger partial charge in [0.15, 0.2) is 0 Å². The summed E-state index contributed by atoms with van der Waals surface area (Å²) in [4.78, 5) is 27.9. The van der Waals surface area contributed by atoms with E-state index < -0.39 is 18.7 Å². The summed E-state index contributed by atoms with van der Waals surface area (Å²) in [6.07, 6.45) is -3.44. The minimum atomic E-state index is -4.46. The Kier molecular flexibility index (Phi) is 7.31. The largest absolute Gasteiger partial charge is 0.495 e. The average molecular weight is 474 g/mol. The van der Waals surface area contributed by atoms with Crippen LogP contribution in [0.3, 0.4) is 0 Å². The third kappa shape index (κ3) is 5.58. The molecule has 0 spiro atoms. The average Bonchev–Trinajstić information content (AvgIpc) is 3.21. The first kappa shape index (κ1) is 24.4. The van der Waals surface area contributed by atoms with E-state index in [9.17, 15) is 22.8 Å². The van der Waals surface area contributed by atoms with Crippen molar-refractivity contribution < 1.29 is 32.2 Å². The van der Waals surface area contributed by atoms with Gasteiger partial charge in [0.05, 0.1) is 43.9 Å². The Bertz CT molecular complexity index is 1290. The fourth-order valence-electron chi connectivity index (χ4n) is 3.23. The number of amides is 1. The Hall–Kier alpha value is -4.20. The van der Waals surface area contributed by atoms with Crippen LogP contribution in [-0.2, 0) is 11.3 Å². The number of benzene rings is 2. The topological polar surface area (TPSA) is 94.5 Å². The summed E-state index contributed by atoms with van der Waals surface area (Å²) in [5.41, 5.74) is 1.57. The lowest BCUT2D eigenvalue weighted by molar-refractivity contribution is -0.139. The molecule has 34 heavy (non-hydrogen) atoms. The molecule has 1 amide bonds. The molecule has 0 aliphatic carbocycles. The molecule has 11 heteroatoms. The number of aromatic nitrogens is 2. The zero-order chi connectivity index (χ0) is 24.9. The maximum Gasteiger partial charge on any atom is 0.406 e. The monoisotopic (exact) mass is 474 g/mol. The Morgan fingerprint density at radius 1 is 1.18 bits per heavy atom. The number of hydrogen-bond acceptors (Lipinski definition) is 6. The van der Waals surface area contributed by atoms with E-state index in [4.69, 9.17) is 9.47 Å². The van der Waals surface area contributed by atoms with Gasteiger partial charge in [0, 0.05) is 18.2 Å². The number of fused-ring (bicyclic) bond motifs is 1. The molecule has 1 heterocycles. The van der Waals surface area contributed by atoms with Crippen LogP contribution in [-0.4, -0.2) is 55.4 Å². The highest BCUT2D eigenvalue weighted by Gasteiger charge is 2.29. The number of imidazole rings is 1. The van der Waals surface area contributed by atoms with Crippen molar-refractivity contribution in [2.45, 2.75) is 12.7 Å². The lowest BCUT2D eigenvalue weighted by Gasteiger charge is -2.10. The van der Waals surface area contributed by atoms with Gasteiger partial charge in [0.2, 0.25) is 0 Å². The smallest absolute Gasteiger partial charge is 0.406 e. The molecule has 0 radical (unpaired) electrons. The van der Waals surface area contributed by atoms with Crippen LogP contribution in [0.1, 0.15) is 26.3 Å². The number of carbonyl (C=O) groups excluding carboxylic acids is 2. The second kappa shape index (κ2) is 10.2. The number of methoxy groups -OCH3 is 2. The van der Waals surface area contributed by atoms with Crippen LogP contribution in [0.2, 0.25) is 0 Å². The van der Waals surface area contributed by atoms with E-state index in [0.717, 1.165) is 10.9 Å². The normalized spacial score (nSPS) is 10.9. The first-order valence-electron chi connectivity index (χ1n) is 9.93. The summed E-state index contributed by atoms with van der Waals surface area (Å²) in [5, 5.41) is 5.58. The van der Waals surface area contributed by atoms with Crippen LogP contribution >= 0.6 is 0 Å². The van der Waals surface area contributed by atoms with Crippen LogP contribution in [0, 0.1) is 11.8 Å². The quantitative estimate of drug-likeness (QED) is 0.421. The highest BCUT2D eigenvalue weighted by Crippen LogP contribution is 2.26. The fraction of sp³-hybridized carbons (Fsp3) is 0.261. The van der Waals surface area contributed by atoms with E-state index in [0.29, 0.717) is 22.6 Å². The molecule has 0 unspecified atom stereocenters. The number of esters is 1. The van der Waals surface area contributed by atoms with Gasteiger partial charge in [-0.05, 0) is 30.3 Å². The predicted molar refractivity (Wildman–Crippen MR) is 119 cm³/mol. The summed E-state index contributed by atoms with van der Waals surface area (Å²) in [7, 11) is 4.16. The predicted octanol–water partition coefficient (Wildman–Crippen LogP) is 3.22. The maximum absolute atomic E-state index is 12.9. The molecule has 0 fully saturated rings. The van der Waals surface area contributed by atoms with Gasteiger partial charge in [0.25, 0.3) is 5.91 Å².